The molecule has 0 unspecified atom stereocenters. The first-order chi connectivity index (χ1) is 13.5. The van der Waals surface area contributed by atoms with Gasteiger partial charge in [-0.2, -0.15) is 13.2 Å². The van der Waals surface area contributed by atoms with Crippen LogP contribution in [0, 0.1) is 0 Å². The summed E-state index contributed by atoms with van der Waals surface area (Å²) in [4.78, 5) is 8.58. The van der Waals surface area contributed by atoms with Crippen molar-refractivity contribution >= 4 is 54.0 Å². The highest BCUT2D eigenvalue weighted by molar-refractivity contribution is 7.92. The number of aromatic nitrogens is 3. The van der Waals surface area contributed by atoms with Crippen molar-refractivity contribution in [3.63, 3.8) is 0 Å². The van der Waals surface area contributed by atoms with Crippen LogP contribution in [-0.2, 0) is 23.1 Å². The fraction of sp³-hybridized carbons (Fsp3) is 0.222. The lowest BCUT2D eigenvalue weighted by Gasteiger charge is -2.06. The fourth-order valence-electron chi connectivity index (χ4n) is 3.10. The van der Waals surface area contributed by atoms with Crippen LogP contribution in [0.25, 0.3) is 32.0 Å². The molecule has 3 aromatic heterocycles. The van der Waals surface area contributed by atoms with Gasteiger partial charge in [0.15, 0.2) is 21.3 Å². The molecule has 0 N–H and O–H groups in total. The first-order valence-electron chi connectivity index (χ1n) is 8.38. The second-order valence-corrected chi connectivity index (χ2v) is 9.98. The Morgan fingerprint density at radius 3 is 2.66 bits per heavy atom. The van der Waals surface area contributed by atoms with Gasteiger partial charge in [-0.3, -0.25) is 0 Å². The number of halogens is 4. The van der Waals surface area contributed by atoms with Crippen molar-refractivity contribution in [3.8, 4) is 10.7 Å². The van der Waals surface area contributed by atoms with Crippen molar-refractivity contribution in [2.45, 2.75) is 18.0 Å². The molecular formula is C18H13ClF3N3O2S2. The fourth-order valence-corrected chi connectivity index (χ4v) is 6.25. The van der Waals surface area contributed by atoms with E-state index in [1.807, 2.05) is 0 Å². The van der Waals surface area contributed by atoms with Crippen molar-refractivity contribution in [1.82, 2.24) is 14.5 Å². The summed E-state index contributed by atoms with van der Waals surface area (Å²) in [5, 5.41) is 0.859. The Labute approximate surface area is 172 Å². The number of fused-ring (bicyclic) bond motifs is 2. The van der Waals surface area contributed by atoms with Crippen molar-refractivity contribution < 1.29 is 21.6 Å². The van der Waals surface area contributed by atoms with Crippen LogP contribution in [0.4, 0.5) is 13.2 Å². The lowest BCUT2D eigenvalue weighted by atomic mass is 10.2. The van der Waals surface area contributed by atoms with Crippen molar-refractivity contribution in [1.29, 1.82) is 0 Å². The van der Waals surface area contributed by atoms with E-state index in [0.29, 0.717) is 20.0 Å². The minimum atomic E-state index is -4.55. The van der Waals surface area contributed by atoms with E-state index in [9.17, 15) is 21.6 Å². The zero-order chi connectivity index (χ0) is 21.1. The predicted octanol–water partition coefficient (Wildman–Crippen LogP) is 5.32. The third-order valence-electron chi connectivity index (χ3n) is 4.55. The van der Waals surface area contributed by atoms with Gasteiger partial charge in [-0.05, 0) is 12.1 Å². The Morgan fingerprint density at radius 1 is 1.28 bits per heavy atom. The molecule has 5 nitrogen and oxygen atoms in total. The number of rotatable bonds is 3. The average Bonchev–Trinajstić information content (AvgIpc) is 3.20. The molecule has 4 aromatic rings. The largest absolute Gasteiger partial charge is 0.417 e. The first-order valence-corrected chi connectivity index (χ1v) is 11.2. The van der Waals surface area contributed by atoms with Gasteiger partial charge in [0, 0.05) is 18.6 Å². The van der Waals surface area contributed by atoms with Gasteiger partial charge in [-0.1, -0.05) is 30.7 Å². The van der Waals surface area contributed by atoms with Gasteiger partial charge in [0.1, 0.15) is 5.52 Å². The molecule has 0 aliphatic rings. The van der Waals surface area contributed by atoms with E-state index in [2.05, 4.69) is 9.97 Å². The van der Waals surface area contributed by atoms with E-state index in [-0.39, 0.29) is 27.6 Å². The summed E-state index contributed by atoms with van der Waals surface area (Å²) in [6, 6.07) is 5.87. The highest BCUT2D eigenvalue weighted by Crippen LogP contribution is 2.44. The van der Waals surface area contributed by atoms with Gasteiger partial charge in [0.2, 0.25) is 0 Å². The van der Waals surface area contributed by atoms with E-state index in [0.717, 1.165) is 23.6 Å². The van der Waals surface area contributed by atoms with E-state index in [1.54, 1.807) is 25.2 Å². The number of thiophene rings is 1. The number of benzene rings is 1. The third-order valence-corrected chi connectivity index (χ3v) is 8.15. The van der Waals surface area contributed by atoms with Gasteiger partial charge in [0.25, 0.3) is 0 Å². The van der Waals surface area contributed by atoms with Crippen LogP contribution in [0.3, 0.4) is 0 Å². The van der Waals surface area contributed by atoms with Crippen LogP contribution in [0.2, 0.25) is 5.02 Å². The van der Waals surface area contributed by atoms with Gasteiger partial charge in [-0.15, -0.1) is 11.3 Å². The minimum absolute atomic E-state index is 0.0284. The zero-order valence-electron chi connectivity index (χ0n) is 15.1. The zero-order valence-corrected chi connectivity index (χ0v) is 17.5. The standard InChI is InChI=1S/C18H13ClF3N3O2S2/c1-3-29(26,27)15-10-5-4-6-11(19)13(10)28-14(15)17-24-12-7-9(18(20,21)22)8-23-16(12)25(17)2/h4-8H,3H2,1-2H3. The van der Waals surface area contributed by atoms with Crippen molar-refractivity contribution in [3.05, 3.63) is 41.0 Å². The van der Waals surface area contributed by atoms with Crippen LogP contribution in [-0.4, -0.2) is 28.7 Å². The van der Waals surface area contributed by atoms with E-state index >= 15 is 0 Å². The Kier molecular flexibility index (Phi) is 4.63. The quantitative estimate of drug-likeness (QED) is 0.416. The summed E-state index contributed by atoms with van der Waals surface area (Å²) in [6.45, 7) is 1.53. The lowest BCUT2D eigenvalue weighted by molar-refractivity contribution is -0.137. The molecule has 3 heterocycles. The molecule has 0 atom stereocenters. The molecule has 0 spiro atoms. The number of pyridine rings is 1. The number of imidazole rings is 1. The summed E-state index contributed by atoms with van der Waals surface area (Å²) >= 11 is 7.40. The topological polar surface area (TPSA) is 64.8 Å². The van der Waals surface area contributed by atoms with E-state index < -0.39 is 21.6 Å². The normalized spacial score (nSPS) is 12.9. The highest BCUT2D eigenvalue weighted by Gasteiger charge is 2.32. The minimum Gasteiger partial charge on any atom is -0.311 e. The summed E-state index contributed by atoms with van der Waals surface area (Å²) in [6.07, 6.45) is -3.82. The van der Waals surface area contributed by atoms with Gasteiger partial charge < -0.3 is 4.57 Å². The van der Waals surface area contributed by atoms with E-state index in [1.165, 1.54) is 11.5 Å². The van der Waals surface area contributed by atoms with E-state index in [4.69, 9.17) is 11.6 Å². The van der Waals surface area contributed by atoms with Crippen LogP contribution in [0.15, 0.2) is 35.4 Å². The average molecular weight is 460 g/mol. The molecule has 0 saturated carbocycles. The Hall–Kier alpha value is -2.17. The number of alkyl halides is 3. The van der Waals surface area contributed by atoms with Crippen LogP contribution in [0.5, 0.6) is 0 Å². The summed E-state index contributed by atoms with van der Waals surface area (Å²) in [7, 11) is -2.08. The molecule has 11 heteroatoms. The molecule has 1 aromatic carbocycles. The number of nitrogens with zero attached hydrogens (tertiary/aromatic N) is 3. The number of aryl methyl sites for hydroxylation is 1. The molecule has 0 aliphatic heterocycles. The molecule has 0 saturated heterocycles. The second-order valence-electron chi connectivity index (χ2n) is 6.34. The van der Waals surface area contributed by atoms with Gasteiger partial charge >= 0.3 is 6.18 Å². The molecule has 0 fully saturated rings. The maximum Gasteiger partial charge on any atom is 0.417 e. The molecular weight excluding hydrogens is 447 g/mol. The molecule has 0 amide bonds. The van der Waals surface area contributed by atoms with Crippen molar-refractivity contribution in [2.24, 2.45) is 7.05 Å². The monoisotopic (exact) mass is 459 g/mol. The lowest BCUT2D eigenvalue weighted by Crippen LogP contribution is -2.06. The number of hydrogen-bond donors (Lipinski definition) is 0. The van der Waals surface area contributed by atoms with Crippen LogP contribution < -0.4 is 0 Å². The molecule has 4 rings (SSSR count). The second kappa shape index (κ2) is 6.68. The number of hydrogen-bond acceptors (Lipinski definition) is 5. The smallest absolute Gasteiger partial charge is 0.311 e. The summed E-state index contributed by atoms with van der Waals surface area (Å²) in [5.74, 6) is 0.0785. The Balaban J connectivity index is 2.07. The summed E-state index contributed by atoms with van der Waals surface area (Å²) in [5.41, 5.74) is -0.674. The highest BCUT2D eigenvalue weighted by atomic mass is 35.5. The number of sulfone groups is 1. The van der Waals surface area contributed by atoms with Gasteiger partial charge in [-0.25, -0.2) is 18.4 Å². The molecule has 0 aliphatic carbocycles. The predicted molar refractivity (Wildman–Crippen MR) is 107 cm³/mol. The molecule has 0 bridgehead atoms. The Bertz CT molecular complexity index is 1370. The summed E-state index contributed by atoms with van der Waals surface area (Å²) < 4.78 is 66.9. The molecule has 152 valence electrons. The van der Waals surface area contributed by atoms with Crippen LogP contribution in [0.1, 0.15) is 12.5 Å². The molecule has 29 heavy (non-hydrogen) atoms. The SMILES string of the molecule is CCS(=O)(=O)c1c(-c2nc3cc(C(F)(F)F)cnc3n2C)sc2c(Cl)cccc12. The third kappa shape index (κ3) is 3.19. The van der Waals surface area contributed by atoms with Crippen LogP contribution >= 0.6 is 22.9 Å². The molecule has 0 radical (unpaired) electrons. The maximum absolute atomic E-state index is 13.0. The van der Waals surface area contributed by atoms with Gasteiger partial charge in [0.05, 0.1) is 30.8 Å². The first kappa shape index (κ1) is 20.1. The van der Waals surface area contributed by atoms with Crippen molar-refractivity contribution in [2.75, 3.05) is 5.75 Å². The Morgan fingerprint density at radius 2 is 2.00 bits per heavy atom. The maximum atomic E-state index is 13.0.